The highest BCUT2D eigenvalue weighted by Gasteiger charge is 2.75. The van der Waals surface area contributed by atoms with Crippen LogP contribution in [-0.2, 0) is 23.8 Å². The highest BCUT2D eigenvalue weighted by atomic mass is 19.1. The molecule has 3 fully saturated rings. The van der Waals surface area contributed by atoms with Crippen molar-refractivity contribution in [2.24, 2.45) is 22.7 Å². The van der Waals surface area contributed by atoms with Gasteiger partial charge in [0.2, 0.25) is 0 Å². The number of aliphatic hydroxyl groups is 1. The van der Waals surface area contributed by atoms with Gasteiger partial charge < -0.3 is 19.3 Å². The lowest BCUT2D eigenvalue weighted by Crippen LogP contribution is -2.70. The van der Waals surface area contributed by atoms with Gasteiger partial charge in [0.05, 0.1) is 13.2 Å². The number of hydrogen-bond donors (Lipinski definition) is 1. The lowest BCUT2D eigenvalue weighted by molar-refractivity contribution is -0.246. The van der Waals surface area contributed by atoms with E-state index in [2.05, 4.69) is 0 Å². The van der Waals surface area contributed by atoms with E-state index in [1.54, 1.807) is 20.1 Å². The number of allylic oxidation sites excluding steroid dienone is 4. The van der Waals surface area contributed by atoms with Crippen LogP contribution in [0.25, 0.3) is 0 Å². The Morgan fingerprint density at radius 1 is 1.23 bits per heavy atom. The summed E-state index contributed by atoms with van der Waals surface area (Å²) in [4.78, 5) is 24.5. The van der Waals surface area contributed by atoms with Crippen LogP contribution in [-0.4, -0.2) is 61.7 Å². The first-order valence-corrected chi connectivity index (χ1v) is 11.0. The number of ketones is 1. The number of halogens is 1. The van der Waals surface area contributed by atoms with Gasteiger partial charge in [-0.05, 0) is 57.1 Å². The van der Waals surface area contributed by atoms with Crippen LogP contribution < -0.4 is 0 Å². The highest BCUT2D eigenvalue weighted by molar-refractivity contribution is 6.01. The molecule has 0 aromatic carbocycles. The maximum Gasteiger partial charge on any atom is 0.338 e. The van der Waals surface area contributed by atoms with Crippen molar-refractivity contribution in [3.63, 3.8) is 0 Å². The average Bonchev–Trinajstić information content (AvgIpc) is 3.03. The molecule has 0 aromatic heterocycles. The number of carbonyl (C=O) groups is 2. The minimum absolute atomic E-state index is 0.118. The van der Waals surface area contributed by atoms with Crippen molar-refractivity contribution in [1.29, 1.82) is 0 Å². The first-order chi connectivity index (χ1) is 14.6. The SMILES string of the molecule is COC(=O)[C@H](OC)[C@@]1(OC)CC[C@H]2[C@@H]3CCC4=CC(=O)C=C[C@]4(C)[C@@]3(F)C(O)C[C@@]21C. The molecule has 31 heavy (non-hydrogen) atoms. The van der Waals surface area contributed by atoms with E-state index in [1.165, 1.54) is 26.4 Å². The fourth-order valence-electron chi connectivity index (χ4n) is 7.69. The summed E-state index contributed by atoms with van der Waals surface area (Å²) < 4.78 is 33.7. The van der Waals surface area contributed by atoms with Gasteiger partial charge in [-0.25, -0.2) is 9.18 Å². The van der Waals surface area contributed by atoms with Crippen LogP contribution in [0.5, 0.6) is 0 Å². The van der Waals surface area contributed by atoms with Crippen LogP contribution in [0.2, 0.25) is 0 Å². The zero-order chi connectivity index (χ0) is 22.8. The molecule has 0 bridgehead atoms. The van der Waals surface area contributed by atoms with E-state index in [0.717, 1.165) is 5.57 Å². The maximum atomic E-state index is 17.1. The monoisotopic (exact) mass is 436 g/mol. The Hall–Kier alpha value is -1.57. The maximum absolute atomic E-state index is 17.1. The third-order valence-electron chi connectivity index (χ3n) is 9.26. The number of ether oxygens (including phenoxy) is 3. The molecule has 6 nitrogen and oxygen atoms in total. The van der Waals surface area contributed by atoms with Gasteiger partial charge in [-0.3, -0.25) is 4.79 Å². The summed E-state index contributed by atoms with van der Waals surface area (Å²) in [5, 5.41) is 11.4. The molecule has 0 aliphatic heterocycles. The molecule has 0 saturated heterocycles. The van der Waals surface area contributed by atoms with E-state index >= 15 is 4.39 Å². The second kappa shape index (κ2) is 7.22. The summed E-state index contributed by atoms with van der Waals surface area (Å²) in [6, 6.07) is 0. The number of carbonyl (C=O) groups excluding carboxylic acids is 2. The van der Waals surface area contributed by atoms with Crippen LogP contribution in [0.15, 0.2) is 23.8 Å². The molecule has 8 atom stereocenters. The highest BCUT2D eigenvalue weighted by Crippen LogP contribution is 2.70. The van der Waals surface area contributed by atoms with Crippen molar-refractivity contribution in [2.75, 3.05) is 21.3 Å². The fourth-order valence-corrected chi connectivity index (χ4v) is 7.69. The van der Waals surface area contributed by atoms with Crippen molar-refractivity contribution in [1.82, 2.24) is 0 Å². The first kappa shape index (κ1) is 22.6. The van der Waals surface area contributed by atoms with Crippen molar-refractivity contribution in [3.05, 3.63) is 23.8 Å². The van der Waals surface area contributed by atoms with Gasteiger partial charge in [-0.2, -0.15) is 0 Å². The molecule has 0 radical (unpaired) electrons. The number of hydrogen-bond acceptors (Lipinski definition) is 6. The predicted octanol–water partition coefficient (Wildman–Crippen LogP) is 2.93. The van der Waals surface area contributed by atoms with Crippen molar-refractivity contribution in [3.8, 4) is 0 Å². The van der Waals surface area contributed by atoms with Gasteiger partial charge in [-0.15, -0.1) is 0 Å². The molecular weight excluding hydrogens is 403 g/mol. The van der Waals surface area contributed by atoms with E-state index in [-0.39, 0.29) is 18.1 Å². The van der Waals surface area contributed by atoms with Gasteiger partial charge in [0.1, 0.15) is 5.60 Å². The van der Waals surface area contributed by atoms with Crippen molar-refractivity contribution >= 4 is 11.8 Å². The second-order valence-electron chi connectivity index (χ2n) is 10.0. The van der Waals surface area contributed by atoms with Crippen LogP contribution in [0.4, 0.5) is 4.39 Å². The third kappa shape index (κ3) is 2.60. The lowest BCUT2D eigenvalue weighted by Gasteiger charge is -2.63. The summed E-state index contributed by atoms with van der Waals surface area (Å²) >= 11 is 0. The zero-order valence-electron chi connectivity index (χ0n) is 18.9. The first-order valence-electron chi connectivity index (χ1n) is 11.0. The molecule has 0 amide bonds. The summed E-state index contributed by atoms with van der Waals surface area (Å²) in [7, 11) is 4.30. The average molecular weight is 437 g/mol. The summed E-state index contributed by atoms with van der Waals surface area (Å²) in [5.74, 6) is -1.22. The number of aliphatic hydroxyl groups excluding tert-OH is 1. The van der Waals surface area contributed by atoms with E-state index in [9.17, 15) is 14.7 Å². The number of rotatable bonds is 4. The molecule has 4 rings (SSSR count). The molecule has 172 valence electrons. The minimum Gasteiger partial charge on any atom is -0.467 e. The Labute approximate surface area is 182 Å². The van der Waals surface area contributed by atoms with Crippen molar-refractivity contribution in [2.45, 2.75) is 69.4 Å². The Morgan fingerprint density at radius 2 is 1.94 bits per heavy atom. The van der Waals surface area contributed by atoms with Crippen molar-refractivity contribution < 1.29 is 33.3 Å². The Bertz CT molecular complexity index is 853. The Balaban J connectivity index is 1.81. The van der Waals surface area contributed by atoms with Crippen LogP contribution in [0, 0.1) is 22.7 Å². The molecule has 0 aromatic rings. The third-order valence-corrected chi connectivity index (χ3v) is 9.26. The molecule has 1 unspecified atom stereocenters. The summed E-state index contributed by atoms with van der Waals surface area (Å²) in [5.41, 5.74) is -3.91. The number of esters is 1. The molecule has 4 aliphatic rings. The van der Waals surface area contributed by atoms with Crippen LogP contribution in [0.1, 0.15) is 46.0 Å². The lowest BCUT2D eigenvalue weighted by atomic mass is 9.44. The van der Waals surface area contributed by atoms with E-state index in [1.807, 2.05) is 6.92 Å². The predicted molar refractivity (Wildman–Crippen MR) is 111 cm³/mol. The summed E-state index contributed by atoms with van der Waals surface area (Å²) in [6.45, 7) is 3.78. The van der Waals surface area contributed by atoms with Gasteiger partial charge in [0.15, 0.2) is 17.6 Å². The van der Waals surface area contributed by atoms with Gasteiger partial charge in [-0.1, -0.05) is 18.6 Å². The smallest absolute Gasteiger partial charge is 0.338 e. The zero-order valence-corrected chi connectivity index (χ0v) is 18.9. The topological polar surface area (TPSA) is 82.1 Å². The molecule has 7 heteroatoms. The fraction of sp³-hybridized carbons (Fsp3) is 0.750. The quantitative estimate of drug-likeness (QED) is 0.683. The van der Waals surface area contributed by atoms with E-state index in [4.69, 9.17) is 14.2 Å². The van der Waals surface area contributed by atoms with E-state index < -0.39 is 46.2 Å². The van der Waals surface area contributed by atoms with Gasteiger partial charge in [0.25, 0.3) is 0 Å². The molecule has 1 N–H and O–H groups in total. The minimum atomic E-state index is -1.91. The molecule has 3 saturated carbocycles. The van der Waals surface area contributed by atoms with Gasteiger partial charge in [0, 0.05) is 31.0 Å². The molecule has 0 spiro atoms. The molecule has 4 aliphatic carbocycles. The second-order valence-corrected chi connectivity index (χ2v) is 10.0. The molecule has 0 heterocycles. The molecular formula is C24H33FO6. The van der Waals surface area contributed by atoms with Gasteiger partial charge >= 0.3 is 5.97 Å². The standard InChI is InChI=1S/C24H33FO6/c1-21-10-8-15(26)12-14(21)6-7-17-16-9-11-23(31-5,19(29-3)20(28)30-4)22(16,2)13-18(27)24(17,21)25/h8,10,12,16-19,27H,6-7,9,11,13H2,1-5H3/t16-,17-,18?,19-,21-,22-,23-,24-/m0/s1. The Kier molecular flexibility index (Phi) is 5.27. The number of fused-ring (bicyclic) bond motifs is 5. The number of methoxy groups -OCH3 is 3. The van der Waals surface area contributed by atoms with Crippen LogP contribution >= 0.6 is 0 Å². The van der Waals surface area contributed by atoms with E-state index in [0.29, 0.717) is 25.7 Å². The largest absolute Gasteiger partial charge is 0.467 e. The summed E-state index contributed by atoms with van der Waals surface area (Å²) in [6.07, 6.45) is 4.76. The Morgan fingerprint density at radius 3 is 2.55 bits per heavy atom. The normalized spacial score (nSPS) is 47.1. The van der Waals surface area contributed by atoms with Crippen LogP contribution in [0.3, 0.4) is 0 Å². The number of alkyl halides is 1.